The molecule has 1 fully saturated rings. The average Bonchev–Trinajstić information content (AvgIpc) is 2.76. The quantitative estimate of drug-likeness (QED) is 0.687. The number of terminal acetylenes is 1. The molecule has 5 nitrogen and oxygen atoms in total. The zero-order chi connectivity index (χ0) is 13.9. The molecule has 5 heteroatoms. The molecule has 1 unspecified atom stereocenters. The van der Waals surface area contributed by atoms with Crippen LogP contribution in [0.15, 0.2) is 0 Å². The summed E-state index contributed by atoms with van der Waals surface area (Å²) >= 11 is 0. The third-order valence-electron chi connectivity index (χ3n) is 2.96. The molecule has 2 amide bonds. The first-order valence-corrected chi connectivity index (χ1v) is 5.93. The second-order valence-electron chi connectivity index (χ2n) is 5.21. The summed E-state index contributed by atoms with van der Waals surface area (Å²) in [4.78, 5) is 26.5. The van der Waals surface area contributed by atoms with E-state index in [0.717, 1.165) is 0 Å². The van der Waals surface area contributed by atoms with Crippen molar-refractivity contribution in [3.8, 4) is 12.3 Å². The molecule has 0 aromatic heterocycles. The Morgan fingerprint density at radius 1 is 1.44 bits per heavy atom. The third-order valence-corrected chi connectivity index (χ3v) is 2.96. The number of amides is 2. The van der Waals surface area contributed by atoms with Crippen LogP contribution in [0.2, 0.25) is 0 Å². The minimum atomic E-state index is -0.805. The van der Waals surface area contributed by atoms with Crippen molar-refractivity contribution in [1.82, 2.24) is 9.80 Å². The Morgan fingerprint density at radius 2 is 2.06 bits per heavy atom. The molecule has 0 aliphatic carbocycles. The third kappa shape index (κ3) is 3.16. The van der Waals surface area contributed by atoms with E-state index in [1.807, 2.05) is 0 Å². The maximum absolute atomic E-state index is 12.1. The number of hydrogen-bond donors (Lipinski definition) is 0. The van der Waals surface area contributed by atoms with E-state index in [1.54, 1.807) is 32.8 Å². The Labute approximate surface area is 108 Å². The number of likely N-dealkylation sites (tertiary alicyclic amines) is 1. The second kappa shape index (κ2) is 5.30. The van der Waals surface area contributed by atoms with Gasteiger partial charge in [-0.2, -0.15) is 0 Å². The van der Waals surface area contributed by atoms with Gasteiger partial charge in [0.25, 0.3) is 0 Å². The van der Waals surface area contributed by atoms with Crippen LogP contribution in [0.4, 0.5) is 4.79 Å². The zero-order valence-electron chi connectivity index (χ0n) is 11.4. The van der Waals surface area contributed by atoms with Crippen molar-refractivity contribution in [3.05, 3.63) is 0 Å². The van der Waals surface area contributed by atoms with E-state index in [9.17, 15) is 9.59 Å². The Kier molecular flexibility index (Phi) is 4.23. The topological polar surface area (TPSA) is 49.9 Å². The molecule has 0 aromatic carbocycles. The smallest absolute Gasteiger partial charge is 0.409 e. The van der Waals surface area contributed by atoms with Crippen LogP contribution in [0.1, 0.15) is 20.3 Å². The molecule has 0 N–H and O–H groups in total. The molecular weight excluding hydrogens is 232 g/mol. The summed E-state index contributed by atoms with van der Waals surface area (Å²) in [6.45, 7) is 4.43. The van der Waals surface area contributed by atoms with Gasteiger partial charge < -0.3 is 14.5 Å². The fourth-order valence-electron chi connectivity index (χ4n) is 1.71. The number of ether oxygens (including phenoxy) is 1. The van der Waals surface area contributed by atoms with Crippen molar-refractivity contribution >= 4 is 12.0 Å². The molecule has 0 saturated carbocycles. The predicted molar refractivity (Wildman–Crippen MR) is 67.8 cm³/mol. The van der Waals surface area contributed by atoms with Crippen LogP contribution in [-0.4, -0.2) is 55.1 Å². The van der Waals surface area contributed by atoms with Gasteiger partial charge in [0.05, 0.1) is 6.54 Å². The molecule has 0 radical (unpaired) electrons. The van der Waals surface area contributed by atoms with Crippen molar-refractivity contribution < 1.29 is 14.3 Å². The summed E-state index contributed by atoms with van der Waals surface area (Å²) in [5.41, 5.74) is -0.805. The van der Waals surface area contributed by atoms with Gasteiger partial charge in [-0.15, -0.1) is 6.42 Å². The number of nitrogens with zero attached hydrogens (tertiary/aromatic N) is 2. The van der Waals surface area contributed by atoms with Gasteiger partial charge >= 0.3 is 6.09 Å². The first-order chi connectivity index (χ1) is 8.27. The van der Waals surface area contributed by atoms with Crippen molar-refractivity contribution in [1.29, 1.82) is 0 Å². The van der Waals surface area contributed by atoms with Crippen LogP contribution in [-0.2, 0) is 9.53 Å². The molecule has 1 aliphatic heterocycles. The lowest BCUT2D eigenvalue weighted by Gasteiger charge is -2.24. The highest BCUT2D eigenvalue weighted by Gasteiger charge is 2.36. The molecule has 1 saturated heterocycles. The van der Waals surface area contributed by atoms with E-state index in [0.29, 0.717) is 19.5 Å². The Hall–Kier alpha value is -1.70. The van der Waals surface area contributed by atoms with Gasteiger partial charge in [-0.05, 0) is 13.8 Å². The van der Waals surface area contributed by atoms with E-state index in [4.69, 9.17) is 11.2 Å². The molecule has 18 heavy (non-hydrogen) atoms. The minimum Gasteiger partial charge on any atom is -0.444 e. The lowest BCUT2D eigenvalue weighted by atomic mass is 9.93. The number of rotatable bonds is 2. The highest BCUT2D eigenvalue weighted by molar-refractivity contribution is 5.85. The molecule has 100 valence electrons. The first kappa shape index (κ1) is 14.4. The summed E-state index contributed by atoms with van der Waals surface area (Å²) in [7, 11) is 3.25. The van der Waals surface area contributed by atoms with Crippen LogP contribution < -0.4 is 0 Å². The summed E-state index contributed by atoms with van der Waals surface area (Å²) in [5, 5.41) is 0. The Balaban J connectivity index is 2.55. The fraction of sp³-hybridized carbons (Fsp3) is 0.692. The van der Waals surface area contributed by atoms with Gasteiger partial charge in [0.1, 0.15) is 11.5 Å². The molecule has 1 heterocycles. The van der Waals surface area contributed by atoms with Crippen LogP contribution in [0.5, 0.6) is 0 Å². The standard InChI is InChI=1S/C13H20N2O3/c1-6-13(2,3)11(16)15-8-7-10(9-15)18-12(17)14(4)5/h1,10H,7-9H2,2-5H3. The van der Waals surface area contributed by atoms with Gasteiger partial charge in [0.15, 0.2) is 0 Å². The highest BCUT2D eigenvalue weighted by Crippen LogP contribution is 2.22. The van der Waals surface area contributed by atoms with E-state index in [2.05, 4.69) is 5.92 Å². The van der Waals surface area contributed by atoms with Gasteiger partial charge in [-0.25, -0.2) is 4.79 Å². The lowest BCUT2D eigenvalue weighted by molar-refractivity contribution is -0.136. The van der Waals surface area contributed by atoms with Crippen LogP contribution in [0.25, 0.3) is 0 Å². The van der Waals surface area contributed by atoms with Crippen molar-refractivity contribution in [2.45, 2.75) is 26.4 Å². The van der Waals surface area contributed by atoms with Gasteiger partial charge in [-0.1, -0.05) is 5.92 Å². The summed E-state index contributed by atoms with van der Waals surface area (Å²) in [5.74, 6) is 2.40. The fourth-order valence-corrected chi connectivity index (χ4v) is 1.71. The highest BCUT2D eigenvalue weighted by atomic mass is 16.6. The van der Waals surface area contributed by atoms with Crippen molar-refractivity contribution in [3.63, 3.8) is 0 Å². The molecule has 1 rings (SSSR count). The number of carbonyl (C=O) groups excluding carboxylic acids is 2. The van der Waals surface area contributed by atoms with E-state index < -0.39 is 5.41 Å². The normalized spacial score (nSPS) is 19.3. The summed E-state index contributed by atoms with van der Waals surface area (Å²) in [6.07, 6.45) is 5.38. The van der Waals surface area contributed by atoms with Gasteiger partial charge in [0.2, 0.25) is 5.91 Å². The van der Waals surface area contributed by atoms with Gasteiger partial charge in [0, 0.05) is 27.1 Å². The van der Waals surface area contributed by atoms with Gasteiger partial charge in [-0.3, -0.25) is 4.79 Å². The second-order valence-corrected chi connectivity index (χ2v) is 5.21. The molecule has 1 aliphatic rings. The minimum absolute atomic E-state index is 0.0894. The molecule has 0 bridgehead atoms. The van der Waals surface area contributed by atoms with Crippen molar-refractivity contribution in [2.24, 2.45) is 5.41 Å². The van der Waals surface area contributed by atoms with Crippen molar-refractivity contribution in [2.75, 3.05) is 27.2 Å². The Bertz CT molecular complexity index is 382. The first-order valence-electron chi connectivity index (χ1n) is 5.93. The maximum Gasteiger partial charge on any atom is 0.409 e. The SMILES string of the molecule is C#CC(C)(C)C(=O)N1CCC(OC(=O)N(C)C)C1. The summed E-state index contributed by atoms with van der Waals surface area (Å²) < 4.78 is 5.24. The number of hydrogen-bond acceptors (Lipinski definition) is 3. The molecular formula is C13H20N2O3. The summed E-state index contributed by atoms with van der Waals surface area (Å²) in [6, 6.07) is 0. The zero-order valence-corrected chi connectivity index (χ0v) is 11.4. The largest absolute Gasteiger partial charge is 0.444 e. The van der Waals surface area contributed by atoms with E-state index in [1.165, 1.54) is 4.90 Å². The number of carbonyl (C=O) groups is 2. The van der Waals surface area contributed by atoms with E-state index >= 15 is 0 Å². The molecule has 1 atom stereocenters. The molecule has 0 aromatic rings. The van der Waals surface area contributed by atoms with Crippen LogP contribution in [0.3, 0.4) is 0 Å². The van der Waals surface area contributed by atoms with E-state index in [-0.39, 0.29) is 18.1 Å². The lowest BCUT2D eigenvalue weighted by Crippen LogP contribution is -2.40. The molecule has 0 spiro atoms. The monoisotopic (exact) mass is 252 g/mol. The average molecular weight is 252 g/mol. The van der Waals surface area contributed by atoms with Crippen LogP contribution in [0, 0.1) is 17.8 Å². The maximum atomic E-state index is 12.1. The predicted octanol–water partition coefficient (Wildman–Crippen LogP) is 0.945. The Morgan fingerprint density at radius 3 is 2.56 bits per heavy atom. The van der Waals surface area contributed by atoms with Crippen LogP contribution >= 0.6 is 0 Å².